The molecule has 3 nitrogen and oxygen atoms in total. The molecule has 0 fully saturated rings. The van der Waals surface area contributed by atoms with Crippen molar-refractivity contribution in [2.24, 2.45) is 5.41 Å². The molecule has 3 heteroatoms. The van der Waals surface area contributed by atoms with Crippen LogP contribution in [0.15, 0.2) is 24.3 Å². The molecule has 1 aromatic heterocycles. The Balaban J connectivity index is 2.45. The maximum atomic E-state index is 12.7. The molecule has 0 saturated carbocycles. The molecule has 0 aliphatic carbocycles. The zero-order chi connectivity index (χ0) is 16.3. The van der Waals surface area contributed by atoms with Crippen LogP contribution in [0.3, 0.4) is 0 Å². The molecule has 0 amide bonds. The summed E-state index contributed by atoms with van der Waals surface area (Å²) in [6.07, 6.45) is 1.77. The molecule has 0 N–H and O–H groups in total. The number of hydrogen-bond donors (Lipinski definition) is 0. The number of benzene rings is 1. The first-order valence-electron chi connectivity index (χ1n) is 7.95. The van der Waals surface area contributed by atoms with Gasteiger partial charge in [-0.25, -0.2) is 4.79 Å². The van der Waals surface area contributed by atoms with Gasteiger partial charge in [-0.15, -0.1) is 0 Å². The number of para-hydroxylation sites is 1. The van der Waals surface area contributed by atoms with E-state index in [0.29, 0.717) is 12.2 Å². The van der Waals surface area contributed by atoms with Crippen LogP contribution in [0.5, 0.6) is 0 Å². The van der Waals surface area contributed by atoms with Crippen LogP contribution < -0.4 is 0 Å². The SMILES string of the molecule is CCc1nc2ccccc2c(C(=O)OCC(C)(C)CC)c1C. The van der Waals surface area contributed by atoms with Gasteiger partial charge < -0.3 is 4.74 Å². The highest BCUT2D eigenvalue weighted by molar-refractivity contribution is 6.05. The number of nitrogens with zero attached hydrogens (tertiary/aromatic N) is 1. The van der Waals surface area contributed by atoms with Gasteiger partial charge in [0, 0.05) is 11.1 Å². The first-order chi connectivity index (χ1) is 10.4. The average Bonchev–Trinajstić information content (AvgIpc) is 2.52. The zero-order valence-corrected chi connectivity index (χ0v) is 14.2. The highest BCUT2D eigenvalue weighted by Gasteiger charge is 2.22. The van der Waals surface area contributed by atoms with Crippen molar-refractivity contribution in [2.45, 2.75) is 47.5 Å². The van der Waals surface area contributed by atoms with Crippen molar-refractivity contribution in [2.75, 3.05) is 6.61 Å². The second-order valence-electron chi connectivity index (χ2n) is 6.52. The fourth-order valence-corrected chi connectivity index (χ4v) is 2.40. The Bertz CT molecular complexity index is 689. The molecule has 0 aliphatic rings. The van der Waals surface area contributed by atoms with Crippen molar-refractivity contribution in [1.29, 1.82) is 0 Å². The Morgan fingerprint density at radius 3 is 2.55 bits per heavy atom. The highest BCUT2D eigenvalue weighted by atomic mass is 16.5. The van der Waals surface area contributed by atoms with Gasteiger partial charge in [-0.2, -0.15) is 0 Å². The Morgan fingerprint density at radius 1 is 1.23 bits per heavy atom. The van der Waals surface area contributed by atoms with Gasteiger partial charge in [-0.3, -0.25) is 4.98 Å². The number of rotatable bonds is 5. The van der Waals surface area contributed by atoms with Crippen molar-refractivity contribution in [3.8, 4) is 0 Å². The van der Waals surface area contributed by atoms with Gasteiger partial charge in [0.1, 0.15) is 0 Å². The van der Waals surface area contributed by atoms with E-state index in [0.717, 1.165) is 35.0 Å². The van der Waals surface area contributed by atoms with Gasteiger partial charge in [0.15, 0.2) is 0 Å². The number of carbonyl (C=O) groups is 1. The monoisotopic (exact) mass is 299 g/mol. The molecule has 0 spiro atoms. The van der Waals surface area contributed by atoms with Gasteiger partial charge in [0.2, 0.25) is 0 Å². The minimum atomic E-state index is -0.243. The van der Waals surface area contributed by atoms with Gasteiger partial charge in [-0.1, -0.05) is 45.9 Å². The van der Waals surface area contributed by atoms with Crippen LogP contribution in [-0.2, 0) is 11.2 Å². The molecule has 0 saturated heterocycles. The number of ether oxygens (including phenoxy) is 1. The summed E-state index contributed by atoms with van der Waals surface area (Å²) in [5, 5.41) is 0.872. The van der Waals surface area contributed by atoms with E-state index in [-0.39, 0.29) is 11.4 Å². The van der Waals surface area contributed by atoms with E-state index in [1.807, 2.05) is 31.2 Å². The van der Waals surface area contributed by atoms with Crippen LogP contribution in [0.4, 0.5) is 0 Å². The van der Waals surface area contributed by atoms with Gasteiger partial charge in [-0.05, 0) is 36.8 Å². The molecule has 0 unspecified atom stereocenters. The van der Waals surface area contributed by atoms with Crippen LogP contribution in [0.2, 0.25) is 0 Å². The van der Waals surface area contributed by atoms with E-state index >= 15 is 0 Å². The predicted molar refractivity (Wildman–Crippen MR) is 90.2 cm³/mol. The van der Waals surface area contributed by atoms with Crippen LogP contribution in [0.25, 0.3) is 10.9 Å². The third-order valence-electron chi connectivity index (χ3n) is 4.33. The normalized spacial score (nSPS) is 11.7. The number of aromatic nitrogens is 1. The smallest absolute Gasteiger partial charge is 0.339 e. The summed E-state index contributed by atoms with van der Waals surface area (Å²) in [6.45, 7) is 10.8. The van der Waals surface area contributed by atoms with Gasteiger partial charge in [0.05, 0.1) is 17.7 Å². The fraction of sp³-hybridized carbons (Fsp3) is 0.474. The summed E-state index contributed by atoms with van der Waals surface area (Å²) in [4.78, 5) is 17.3. The number of carbonyl (C=O) groups excluding carboxylic acids is 1. The second kappa shape index (κ2) is 6.47. The van der Waals surface area contributed by atoms with Gasteiger partial charge >= 0.3 is 5.97 Å². The fourth-order valence-electron chi connectivity index (χ4n) is 2.40. The number of aryl methyl sites for hydroxylation is 1. The predicted octanol–water partition coefficient (Wildman–Crippen LogP) is 4.70. The Labute approximate surface area is 132 Å². The van der Waals surface area contributed by atoms with Crippen LogP contribution in [0, 0.1) is 12.3 Å². The minimum Gasteiger partial charge on any atom is -0.462 e. The van der Waals surface area contributed by atoms with E-state index < -0.39 is 0 Å². The molecule has 0 atom stereocenters. The molecule has 1 heterocycles. The topological polar surface area (TPSA) is 39.2 Å². The van der Waals surface area contributed by atoms with E-state index in [1.54, 1.807) is 0 Å². The van der Waals surface area contributed by atoms with E-state index in [9.17, 15) is 4.79 Å². The molecule has 0 bridgehead atoms. The molecule has 118 valence electrons. The van der Waals surface area contributed by atoms with Crippen molar-refractivity contribution in [3.63, 3.8) is 0 Å². The van der Waals surface area contributed by atoms with Crippen LogP contribution in [-0.4, -0.2) is 17.6 Å². The maximum absolute atomic E-state index is 12.7. The quantitative estimate of drug-likeness (QED) is 0.751. The molecule has 2 aromatic rings. The lowest BCUT2D eigenvalue weighted by Crippen LogP contribution is -2.22. The van der Waals surface area contributed by atoms with E-state index in [2.05, 4.69) is 32.7 Å². The van der Waals surface area contributed by atoms with Crippen molar-refractivity contribution >= 4 is 16.9 Å². The average molecular weight is 299 g/mol. The van der Waals surface area contributed by atoms with E-state index in [1.165, 1.54) is 0 Å². The number of hydrogen-bond acceptors (Lipinski definition) is 3. The highest BCUT2D eigenvalue weighted by Crippen LogP contribution is 2.26. The van der Waals surface area contributed by atoms with E-state index in [4.69, 9.17) is 4.74 Å². The summed E-state index contributed by atoms with van der Waals surface area (Å²) in [5.74, 6) is -0.243. The number of esters is 1. The Kier molecular flexibility index (Phi) is 4.84. The molecular weight excluding hydrogens is 274 g/mol. The first-order valence-corrected chi connectivity index (χ1v) is 7.95. The third-order valence-corrected chi connectivity index (χ3v) is 4.33. The van der Waals surface area contributed by atoms with Crippen molar-refractivity contribution < 1.29 is 9.53 Å². The van der Waals surface area contributed by atoms with Crippen molar-refractivity contribution in [1.82, 2.24) is 4.98 Å². The largest absolute Gasteiger partial charge is 0.462 e. The summed E-state index contributed by atoms with van der Waals surface area (Å²) in [7, 11) is 0. The maximum Gasteiger partial charge on any atom is 0.339 e. The van der Waals surface area contributed by atoms with Crippen LogP contribution in [0.1, 0.15) is 55.7 Å². The lowest BCUT2D eigenvalue weighted by molar-refractivity contribution is 0.0337. The lowest BCUT2D eigenvalue weighted by atomic mass is 9.91. The van der Waals surface area contributed by atoms with Crippen LogP contribution >= 0.6 is 0 Å². The molecule has 22 heavy (non-hydrogen) atoms. The second-order valence-corrected chi connectivity index (χ2v) is 6.52. The molecule has 2 rings (SSSR count). The summed E-state index contributed by atoms with van der Waals surface area (Å²) in [5.41, 5.74) is 3.40. The number of pyridine rings is 1. The molecule has 0 radical (unpaired) electrons. The summed E-state index contributed by atoms with van der Waals surface area (Å²) >= 11 is 0. The van der Waals surface area contributed by atoms with Gasteiger partial charge in [0.25, 0.3) is 0 Å². The first kappa shape index (κ1) is 16.5. The Morgan fingerprint density at radius 2 is 1.91 bits per heavy atom. The number of fused-ring (bicyclic) bond motifs is 1. The lowest BCUT2D eigenvalue weighted by Gasteiger charge is -2.22. The third kappa shape index (κ3) is 3.29. The molecule has 1 aromatic carbocycles. The van der Waals surface area contributed by atoms with Crippen molar-refractivity contribution in [3.05, 3.63) is 41.1 Å². The summed E-state index contributed by atoms with van der Waals surface area (Å²) in [6, 6.07) is 7.76. The summed E-state index contributed by atoms with van der Waals surface area (Å²) < 4.78 is 5.61. The zero-order valence-electron chi connectivity index (χ0n) is 14.2. The molecular formula is C19H25NO2. The standard InChI is InChI=1S/C19H25NO2/c1-6-15-13(3)17(14-10-8-9-11-16(14)20-15)18(21)22-12-19(4,5)7-2/h8-11H,6-7,12H2,1-5H3. The molecule has 0 aliphatic heterocycles. The minimum absolute atomic E-state index is 0.0000149. The Hall–Kier alpha value is -1.90.